The van der Waals surface area contributed by atoms with Gasteiger partial charge < -0.3 is 10.3 Å². The molecule has 7 heteroatoms. The molecule has 0 saturated carbocycles. The van der Waals surface area contributed by atoms with E-state index in [2.05, 4.69) is 15.3 Å². The van der Waals surface area contributed by atoms with Crippen molar-refractivity contribution in [1.82, 2.24) is 9.97 Å². The summed E-state index contributed by atoms with van der Waals surface area (Å²) < 4.78 is 35.6. The molecule has 1 aromatic rings. The highest BCUT2D eigenvalue weighted by atomic mass is 19.4. The molecule has 0 fully saturated rings. The maximum absolute atomic E-state index is 11.9. The van der Waals surface area contributed by atoms with Gasteiger partial charge in [-0.25, -0.2) is 4.98 Å². The van der Waals surface area contributed by atoms with E-state index in [-0.39, 0.29) is 18.5 Å². The molecule has 0 aliphatic rings. The van der Waals surface area contributed by atoms with Crippen LogP contribution in [0.15, 0.2) is 10.9 Å². The number of hydrogen-bond donors (Lipinski definition) is 2. The summed E-state index contributed by atoms with van der Waals surface area (Å²) in [6.45, 7) is 1.96. The van der Waals surface area contributed by atoms with Crippen molar-refractivity contribution in [2.24, 2.45) is 0 Å². The van der Waals surface area contributed by atoms with Crippen LogP contribution in [-0.4, -0.2) is 22.7 Å². The van der Waals surface area contributed by atoms with Gasteiger partial charge in [0.25, 0.3) is 5.56 Å². The van der Waals surface area contributed by atoms with Crippen LogP contribution in [0, 0.1) is 0 Å². The van der Waals surface area contributed by atoms with E-state index in [4.69, 9.17) is 0 Å². The Labute approximate surface area is 96.3 Å². The summed E-state index contributed by atoms with van der Waals surface area (Å²) >= 11 is 0. The number of halogens is 3. The Balaban J connectivity index is 2.47. The number of rotatable bonds is 5. The van der Waals surface area contributed by atoms with Crippen LogP contribution in [0.3, 0.4) is 0 Å². The van der Waals surface area contributed by atoms with E-state index in [9.17, 15) is 18.0 Å². The Kier molecular flexibility index (Phi) is 4.53. The summed E-state index contributed by atoms with van der Waals surface area (Å²) in [6.07, 6.45) is -4.46. The fraction of sp³-hybridized carbons (Fsp3) is 0.600. The zero-order valence-electron chi connectivity index (χ0n) is 9.40. The van der Waals surface area contributed by atoms with Crippen molar-refractivity contribution in [3.63, 3.8) is 0 Å². The van der Waals surface area contributed by atoms with Crippen molar-refractivity contribution in [2.75, 3.05) is 11.9 Å². The molecule has 0 amide bonds. The monoisotopic (exact) mass is 249 g/mol. The molecule has 0 aromatic carbocycles. The number of aromatic nitrogens is 2. The Morgan fingerprint density at radius 2 is 2.18 bits per heavy atom. The van der Waals surface area contributed by atoms with Gasteiger partial charge in [-0.2, -0.15) is 13.2 Å². The molecule has 0 aliphatic carbocycles. The highest BCUT2D eigenvalue weighted by molar-refractivity contribution is 5.32. The molecule has 0 atom stereocenters. The van der Waals surface area contributed by atoms with E-state index < -0.39 is 12.6 Å². The first-order chi connectivity index (χ1) is 7.90. The second kappa shape index (κ2) is 5.70. The summed E-state index contributed by atoms with van der Waals surface area (Å²) in [5.74, 6) is 0.823. The van der Waals surface area contributed by atoms with Crippen molar-refractivity contribution < 1.29 is 13.2 Å². The number of hydrogen-bond acceptors (Lipinski definition) is 3. The maximum Gasteiger partial charge on any atom is 0.389 e. The average Bonchev–Trinajstić information content (AvgIpc) is 2.22. The standard InChI is InChI=1S/C10H14F3N3O/c1-2-7-15-8(6-9(17)16-7)14-5-3-4-10(11,12)13/h6H,2-5H2,1H3,(H2,14,15,16,17). The molecule has 0 bridgehead atoms. The zero-order chi connectivity index (χ0) is 12.9. The van der Waals surface area contributed by atoms with Crippen molar-refractivity contribution in [2.45, 2.75) is 32.4 Å². The van der Waals surface area contributed by atoms with Gasteiger partial charge in [0.2, 0.25) is 0 Å². The van der Waals surface area contributed by atoms with Crippen molar-refractivity contribution in [3.05, 3.63) is 22.2 Å². The van der Waals surface area contributed by atoms with Gasteiger partial charge >= 0.3 is 6.18 Å². The molecule has 96 valence electrons. The Hall–Kier alpha value is -1.53. The molecule has 0 saturated heterocycles. The Bertz CT molecular complexity index is 414. The number of anilines is 1. The first-order valence-corrected chi connectivity index (χ1v) is 5.31. The number of alkyl halides is 3. The molecule has 0 aliphatic heterocycles. The number of aryl methyl sites for hydroxylation is 1. The van der Waals surface area contributed by atoms with E-state index in [1.54, 1.807) is 0 Å². The lowest BCUT2D eigenvalue weighted by atomic mass is 10.3. The highest BCUT2D eigenvalue weighted by Gasteiger charge is 2.25. The minimum atomic E-state index is -4.14. The molecule has 1 rings (SSSR count). The van der Waals surface area contributed by atoms with Crippen LogP contribution >= 0.6 is 0 Å². The summed E-state index contributed by atoms with van der Waals surface area (Å²) in [6, 6.07) is 1.23. The van der Waals surface area contributed by atoms with Gasteiger partial charge in [-0.3, -0.25) is 4.79 Å². The predicted molar refractivity (Wildman–Crippen MR) is 58.0 cm³/mol. The summed E-state index contributed by atoms with van der Waals surface area (Å²) in [7, 11) is 0. The molecule has 1 aromatic heterocycles. The number of nitrogens with zero attached hydrogens (tertiary/aromatic N) is 1. The van der Waals surface area contributed by atoms with E-state index in [0.717, 1.165) is 0 Å². The zero-order valence-corrected chi connectivity index (χ0v) is 9.40. The van der Waals surface area contributed by atoms with E-state index in [1.807, 2.05) is 6.92 Å². The summed E-state index contributed by atoms with van der Waals surface area (Å²) in [5.41, 5.74) is -0.310. The van der Waals surface area contributed by atoms with Crippen LogP contribution in [0.2, 0.25) is 0 Å². The Morgan fingerprint density at radius 3 is 2.76 bits per heavy atom. The fourth-order valence-corrected chi connectivity index (χ4v) is 1.27. The summed E-state index contributed by atoms with van der Waals surface area (Å²) in [5, 5.41) is 2.70. The lowest BCUT2D eigenvalue weighted by Crippen LogP contribution is -2.15. The number of H-pyrrole nitrogens is 1. The maximum atomic E-state index is 11.9. The van der Waals surface area contributed by atoms with Crippen LogP contribution in [0.4, 0.5) is 19.0 Å². The van der Waals surface area contributed by atoms with Gasteiger partial charge in [0.1, 0.15) is 11.6 Å². The minimum absolute atomic E-state index is 0.0422. The lowest BCUT2D eigenvalue weighted by molar-refractivity contribution is -0.134. The van der Waals surface area contributed by atoms with Gasteiger partial charge in [0, 0.05) is 25.5 Å². The van der Waals surface area contributed by atoms with Crippen LogP contribution in [-0.2, 0) is 6.42 Å². The first-order valence-electron chi connectivity index (χ1n) is 5.31. The van der Waals surface area contributed by atoms with Crippen LogP contribution < -0.4 is 10.9 Å². The fourth-order valence-electron chi connectivity index (χ4n) is 1.27. The van der Waals surface area contributed by atoms with Crippen LogP contribution in [0.5, 0.6) is 0 Å². The average molecular weight is 249 g/mol. The third-order valence-electron chi connectivity index (χ3n) is 2.07. The molecular weight excluding hydrogens is 235 g/mol. The second-order valence-corrected chi connectivity index (χ2v) is 3.58. The summed E-state index contributed by atoms with van der Waals surface area (Å²) in [4.78, 5) is 17.7. The molecular formula is C10H14F3N3O. The third kappa shape index (κ3) is 5.37. The molecule has 1 heterocycles. The van der Waals surface area contributed by atoms with Crippen LogP contribution in [0.1, 0.15) is 25.6 Å². The molecule has 0 radical (unpaired) electrons. The topological polar surface area (TPSA) is 57.8 Å². The number of aromatic amines is 1. The quantitative estimate of drug-likeness (QED) is 0.785. The van der Waals surface area contributed by atoms with Gasteiger partial charge in [-0.1, -0.05) is 6.92 Å². The second-order valence-electron chi connectivity index (χ2n) is 3.58. The Morgan fingerprint density at radius 1 is 1.47 bits per heavy atom. The van der Waals surface area contributed by atoms with Gasteiger partial charge in [-0.05, 0) is 6.42 Å². The van der Waals surface area contributed by atoms with Gasteiger partial charge in [0.05, 0.1) is 0 Å². The molecule has 2 N–H and O–H groups in total. The largest absolute Gasteiger partial charge is 0.389 e. The van der Waals surface area contributed by atoms with Gasteiger partial charge in [0.15, 0.2) is 0 Å². The van der Waals surface area contributed by atoms with E-state index >= 15 is 0 Å². The predicted octanol–water partition coefficient (Wildman–Crippen LogP) is 2.09. The van der Waals surface area contributed by atoms with Crippen LogP contribution in [0.25, 0.3) is 0 Å². The molecule has 0 spiro atoms. The van der Waals surface area contributed by atoms with E-state index in [0.29, 0.717) is 18.1 Å². The van der Waals surface area contributed by atoms with Crippen molar-refractivity contribution >= 4 is 5.82 Å². The lowest BCUT2D eigenvalue weighted by Gasteiger charge is -2.08. The third-order valence-corrected chi connectivity index (χ3v) is 2.07. The number of nitrogens with one attached hydrogen (secondary N) is 2. The molecule has 17 heavy (non-hydrogen) atoms. The SMILES string of the molecule is CCc1nc(NCCCC(F)(F)F)cc(=O)[nH]1. The van der Waals surface area contributed by atoms with Gasteiger partial charge in [-0.15, -0.1) is 0 Å². The van der Waals surface area contributed by atoms with E-state index in [1.165, 1.54) is 6.07 Å². The van der Waals surface area contributed by atoms with Crippen molar-refractivity contribution in [3.8, 4) is 0 Å². The molecule has 4 nitrogen and oxygen atoms in total. The smallest absolute Gasteiger partial charge is 0.370 e. The molecule has 0 unspecified atom stereocenters. The highest BCUT2D eigenvalue weighted by Crippen LogP contribution is 2.20. The minimum Gasteiger partial charge on any atom is -0.370 e. The normalized spacial score (nSPS) is 11.5. The first kappa shape index (κ1) is 13.5. The van der Waals surface area contributed by atoms with Crippen molar-refractivity contribution in [1.29, 1.82) is 0 Å².